The van der Waals surface area contributed by atoms with Gasteiger partial charge in [-0.1, -0.05) is 43.2 Å². The largest absolute Gasteiger partial charge is 0.351 e. The Hall–Kier alpha value is -3.16. The van der Waals surface area contributed by atoms with Gasteiger partial charge in [0.1, 0.15) is 11.2 Å². The first-order valence-electron chi connectivity index (χ1n) is 11.5. The number of hydrogen-bond donors (Lipinski definition) is 2. The van der Waals surface area contributed by atoms with Gasteiger partial charge in [-0.15, -0.1) is 0 Å². The van der Waals surface area contributed by atoms with Gasteiger partial charge in [-0.2, -0.15) is 5.10 Å². The van der Waals surface area contributed by atoms with E-state index in [9.17, 15) is 14.4 Å². The second-order valence-corrected chi connectivity index (χ2v) is 8.84. The minimum atomic E-state index is -1.05. The minimum Gasteiger partial charge on any atom is -0.351 e. The van der Waals surface area contributed by atoms with Gasteiger partial charge in [0.25, 0.3) is 11.8 Å². The van der Waals surface area contributed by atoms with Gasteiger partial charge in [0.2, 0.25) is 5.91 Å². The molecule has 32 heavy (non-hydrogen) atoms. The summed E-state index contributed by atoms with van der Waals surface area (Å²) in [6.07, 6.45) is 4.89. The molecule has 0 bridgehead atoms. The number of rotatable bonds is 7. The molecule has 3 amide bonds. The van der Waals surface area contributed by atoms with Crippen LogP contribution in [-0.4, -0.2) is 57.1 Å². The molecule has 2 heterocycles. The lowest BCUT2D eigenvalue weighted by atomic mass is 9.94. The first kappa shape index (κ1) is 22.0. The normalized spacial score (nSPS) is 20.8. The van der Waals surface area contributed by atoms with Crippen LogP contribution in [0.2, 0.25) is 0 Å². The van der Waals surface area contributed by atoms with Gasteiger partial charge in [0, 0.05) is 25.2 Å². The maximum atomic E-state index is 13.2. The smallest absolute Gasteiger partial charge is 0.273 e. The van der Waals surface area contributed by atoms with E-state index in [0.29, 0.717) is 25.2 Å². The Morgan fingerprint density at radius 2 is 1.91 bits per heavy atom. The molecule has 8 nitrogen and oxygen atoms in total. The number of nitrogens with zero attached hydrogens (tertiary/aromatic N) is 3. The highest BCUT2D eigenvalue weighted by Gasteiger charge is 2.48. The number of benzene rings is 1. The molecule has 0 unspecified atom stereocenters. The molecule has 1 aromatic carbocycles. The van der Waals surface area contributed by atoms with Crippen molar-refractivity contribution in [1.29, 1.82) is 0 Å². The molecule has 170 valence electrons. The van der Waals surface area contributed by atoms with Crippen molar-refractivity contribution >= 4 is 17.7 Å². The van der Waals surface area contributed by atoms with E-state index in [4.69, 9.17) is 0 Å². The van der Waals surface area contributed by atoms with Crippen LogP contribution in [0.5, 0.6) is 0 Å². The van der Waals surface area contributed by atoms with Crippen molar-refractivity contribution in [2.75, 3.05) is 13.1 Å². The lowest BCUT2D eigenvalue weighted by Gasteiger charge is -2.43. The maximum Gasteiger partial charge on any atom is 0.273 e. The standard InChI is InChI=1S/C24H31N5O3/c1-3-28-22(31)20-15-19(21(30)25-14-13-17-9-5-4-6-10-17)27-29(20)16-24(28,2)23(32)26-18-11-7-8-12-18/h4-6,9-10,15,18H,3,7-8,11-14,16H2,1-2H3,(H,25,30)(H,26,32)/t24-/m0/s1. The molecule has 4 rings (SSSR count). The number of likely N-dealkylation sites (N-methyl/N-ethyl adjacent to an activating group) is 1. The fourth-order valence-corrected chi connectivity index (χ4v) is 4.71. The van der Waals surface area contributed by atoms with Gasteiger partial charge in [0.05, 0.1) is 6.54 Å². The zero-order valence-electron chi connectivity index (χ0n) is 18.8. The molecule has 1 saturated carbocycles. The summed E-state index contributed by atoms with van der Waals surface area (Å²) in [5.41, 5.74) is 0.618. The highest BCUT2D eigenvalue weighted by atomic mass is 16.2. The number of fused-ring (bicyclic) bond motifs is 1. The molecule has 1 fully saturated rings. The molecule has 2 aromatic rings. The van der Waals surface area contributed by atoms with E-state index >= 15 is 0 Å². The molecular formula is C24H31N5O3. The van der Waals surface area contributed by atoms with Crippen LogP contribution in [0, 0.1) is 0 Å². The van der Waals surface area contributed by atoms with Gasteiger partial charge in [-0.3, -0.25) is 19.1 Å². The quantitative estimate of drug-likeness (QED) is 0.694. The van der Waals surface area contributed by atoms with E-state index in [1.165, 1.54) is 10.7 Å². The number of carbonyl (C=O) groups excluding carboxylic acids is 3. The Balaban J connectivity index is 1.47. The van der Waals surface area contributed by atoms with Crippen molar-refractivity contribution in [2.45, 2.75) is 64.1 Å². The van der Waals surface area contributed by atoms with Crippen LogP contribution in [0.3, 0.4) is 0 Å². The van der Waals surface area contributed by atoms with Gasteiger partial charge in [-0.25, -0.2) is 0 Å². The summed E-state index contributed by atoms with van der Waals surface area (Å²) in [6.45, 7) is 4.74. The summed E-state index contributed by atoms with van der Waals surface area (Å²) in [5, 5.41) is 10.4. The number of nitrogens with one attached hydrogen (secondary N) is 2. The van der Waals surface area contributed by atoms with E-state index in [1.807, 2.05) is 37.3 Å². The lowest BCUT2D eigenvalue weighted by molar-refractivity contribution is -0.133. The summed E-state index contributed by atoms with van der Waals surface area (Å²) in [4.78, 5) is 40.6. The van der Waals surface area contributed by atoms with Crippen molar-refractivity contribution in [3.05, 3.63) is 53.3 Å². The van der Waals surface area contributed by atoms with Gasteiger partial charge < -0.3 is 15.5 Å². The van der Waals surface area contributed by atoms with Crippen LogP contribution in [0.1, 0.15) is 66.1 Å². The third-order valence-electron chi connectivity index (χ3n) is 6.57. The number of amides is 3. The van der Waals surface area contributed by atoms with Gasteiger partial charge in [-0.05, 0) is 38.7 Å². The Morgan fingerprint density at radius 1 is 1.19 bits per heavy atom. The fraction of sp³-hybridized carbons (Fsp3) is 0.500. The summed E-state index contributed by atoms with van der Waals surface area (Å²) in [5.74, 6) is -0.760. The second kappa shape index (κ2) is 9.14. The molecular weight excluding hydrogens is 406 g/mol. The first-order chi connectivity index (χ1) is 15.4. The zero-order valence-corrected chi connectivity index (χ0v) is 18.8. The molecule has 0 saturated heterocycles. The Labute approximate surface area is 188 Å². The summed E-state index contributed by atoms with van der Waals surface area (Å²) in [7, 11) is 0. The Bertz CT molecular complexity index is 996. The van der Waals surface area contributed by atoms with Crippen LogP contribution in [-0.2, 0) is 17.8 Å². The first-order valence-corrected chi connectivity index (χ1v) is 11.5. The van der Waals surface area contributed by atoms with Crippen LogP contribution < -0.4 is 10.6 Å². The Morgan fingerprint density at radius 3 is 2.59 bits per heavy atom. The van der Waals surface area contributed by atoms with E-state index < -0.39 is 5.54 Å². The molecule has 0 spiro atoms. The molecule has 8 heteroatoms. The van der Waals surface area contributed by atoms with E-state index in [1.54, 1.807) is 11.8 Å². The van der Waals surface area contributed by atoms with Gasteiger partial charge >= 0.3 is 0 Å². The van der Waals surface area contributed by atoms with Crippen LogP contribution in [0.15, 0.2) is 36.4 Å². The van der Waals surface area contributed by atoms with Crippen molar-refractivity contribution in [1.82, 2.24) is 25.3 Å². The zero-order chi connectivity index (χ0) is 22.7. The molecule has 1 aliphatic carbocycles. The Kier molecular flexibility index (Phi) is 6.30. The van der Waals surface area contributed by atoms with Crippen molar-refractivity contribution in [3.8, 4) is 0 Å². The average molecular weight is 438 g/mol. The third-order valence-corrected chi connectivity index (χ3v) is 6.57. The highest BCUT2D eigenvalue weighted by Crippen LogP contribution is 2.28. The van der Waals surface area contributed by atoms with Crippen molar-refractivity contribution in [3.63, 3.8) is 0 Å². The number of carbonyl (C=O) groups is 3. The highest BCUT2D eigenvalue weighted by molar-refractivity contribution is 6.01. The lowest BCUT2D eigenvalue weighted by Crippen LogP contribution is -2.64. The summed E-state index contributed by atoms with van der Waals surface area (Å²) in [6, 6.07) is 11.6. The van der Waals surface area contributed by atoms with Crippen LogP contribution in [0.4, 0.5) is 0 Å². The van der Waals surface area contributed by atoms with Crippen molar-refractivity contribution < 1.29 is 14.4 Å². The third kappa shape index (κ3) is 4.26. The monoisotopic (exact) mass is 437 g/mol. The van der Waals surface area contributed by atoms with Crippen LogP contribution >= 0.6 is 0 Å². The summed E-state index contributed by atoms with van der Waals surface area (Å²) < 4.78 is 1.51. The summed E-state index contributed by atoms with van der Waals surface area (Å²) >= 11 is 0. The molecule has 1 aliphatic heterocycles. The predicted octanol–water partition coefficient (Wildman–Crippen LogP) is 2.15. The molecule has 2 aliphatic rings. The fourth-order valence-electron chi connectivity index (χ4n) is 4.71. The minimum absolute atomic E-state index is 0.158. The number of aromatic nitrogens is 2. The van der Waals surface area contributed by atoms with E-state index in [-0.39, 0.29) is 36.0 Å². The molecule has 1 aromatic heterocycles. The van der Waals surface area contributed by atoms with E-state index in [2.05, 4.69) is 15.7 Å². The van der Waals surface area contributed by atoms with Gasteiger partial charge in [0.15, 0.2) is 5.69 Å². The molecule has 2 N–H and O–H groups in total. The van der Waals surface area contributed by atoms with Crippen LogP contribution in [0.25, 0.3) is 0 Å². The number of hydrogen-bond acceptors (Lipinski definition) is 4. The van der Waals surface area contributed by atoms with E-state index in [0.717, 1.165) is 31.2 Å². The topological polar surface area (TPSA) is 96.3 Å². The molecule has 1 atom stereocenters. The SMILES string of the molecule is CCN1C(=O)c2cc(C(=O)NCCc3ccccc3)nn2C[C@@]1(C)C(=O)NC1CCCC1. The predicted molar refractivity (Wildman–Crippen MR) is 120 cm³/mol. The second-order valence-electron chi connectivity index (χ2n) is 8.84. The molecule has 0 radical (unpaired) electrons. The average Bonchev–Trinajstić information content (AvgIpc) is 3.44. The van der Waals surface area contributed by atoms with Crippen molar-refractivity contribution in [2.24, 2.45) is 0 Å². The maximum absolute atomic E-state index is 13.2.